The average molecular weight is 520 g/mol. The number of nitro benzene ring substituents is 1. The Morgan fingerprint density at radius 3 is 2.66 bits per heavy atom. The molecule has 38 heavy (non-hydrogen) atoms. The smallest absolute Gasteiger partial charge is 0.269 e. The highest BCUT2D eigenvalue weighted by Gasteiger charge is 2.73. The van der Waals surface area contributed by atoms with Crippen LogP contribution in [0.15, 0.2) is 36.4 Å². The van der Waals surface area contributed by atoms with Crippen LogP contribution in [0.1, 0.15) is 48.8 Å². The lowest BCUT2D eigenvalue weighted by Crippen LogP contribution is -2.78. The second-order valence-corrected chi connectivity index (χ2v) is 12.0. The van der Waals surface area contributed by atoms with E-state index in [2.05, 4.69) is 4.90 Å². The van der Waals surface area contributed by atoms with Gasteiger partial charge >= 0.3 is 0 Å². The fraction of sp³-hybridized carbons (Fsp3) is 0.552. The third-order valence-corrected chi connectivity index (χ3v) is 10.1. The number of hydrogen-bond acceptors (Lipinski definition) is 7. The summed E-state index contributed by atoms with van der Waals surface area (Å²) >= 11 is 0. The number of likely N-dealkylation sites (N-methyl/N-ethyl adjacent to an activating group) is 1. The van der Waals surface area contributed by atoms with Gasteiger partial charge in [-0.1, -0.05) is 18.2 Å². The number of phenolic OH excluding ortho intramolecular Hbond substituents is 1. The van der Waals surface area contributed by atoms with Crippen LogP contribution in [0.5, 0.6) is 11.5 Å². The lowest BCUT2D eigenvalue weighted by atomic mass is 9.48. The van der Waals surface area contributed by atoms with Crippen molar-refractivity contribution in [1.82, 2.24) is 9.80 Å². The van der Waals surface area contributed by atoms with E-state index in [1.165, 1.54) is 25.0 Å². The van der Waals surface area contributed by atoms with Gasteiger partial charge < -0.3 is 19.8 Å². The van der Waals surface area contributed by atoms with E-state index >= 15 is 0 Å². The number of phenols is 1. The van der Waals surface area contributed by atoms with Gasteiger partial charge in [0.2, 0.25) is 5.91 Å². The minimum absolute atomic E-state index is 0.00647. The van der Waals surface area contributed by atoms with Crippen LogP contribution in [0.2, 0.25) is 0 Å². The van der Waals surface area contributed by atoms with Crippen molar-refractivity contribution in [2.45, 2.75) is 74.1 Å². The van der Waals surface area contributed by atoms with Gasteiger partial charge in [0.1, 0.15) is 6.10 Å². The minimum Gasteiger partial charge on any atom is -0.504 e. The topological polar surface area (TPSA) is 116 Å². The number of aliphatic hydroxyl groups is 1. The molecule has 2 N–H and O–H groups in total. The Bertz CT molecular complexity index is 1330. The molecule has 2 aromatic carbocycles. The van der Waals surface area contributed by atoms with E-state index in [9.17, 15) is 25.1 Å². The summed E-state index contributed by atoms with van der Waals surface area (Å²) in [6.07, 6.45) is 4.81. The number of carbonyl (C=O) groups is 1. The van der Waals surface area contributed by atoms with Crippen LogP contribution in [-0.4, -0.2) is 74.8 Å². The zero-order valence-electron chi connectivity index (χ0n) is 21.5. The van der Waals surface area contributed by atoms with E-state index in [-0.39, 0.29) is 35.8 Å². The van der Waals surface area contributed by atoms with Crippen molar-refractivity contribution in [2.75, 3.05) is 20.1 Å². The van der Waals surface area contributed by atoms with Gasteiger partial charge in [0.15, 0.2) is 11.5 Å². The molecule has 1 saturated heterocycles. The van der Waals surface area contributed by atoms with Gasteiger partial charge in [0.05, 0.1) is 28.4 Å². The normalized spacial score (nSPS) is 32.8. The maximum absolute atomic E-state index is 13.5. The van der Waals surface area contributed by atoms with E-state index in [1.807, 2.05) is 6.07 Å². The number of ether oxygens (including phenoxy) is 1. The van der Waals surface area contributed by atoms with E-state index in [0.717, 1.165) is 43.0 Å². The van der Waals surface area contributed by atoms with Gasteiger partial charge in [-0.05, 0) is 68.2 Å². The fourth-order valence-corrected chi connectivity index (χ4v) is 8.07. The highest BCUT2D eigenvalue weighted by molar-refractivity contribution is 5.79. The molecule has 0 radical (unpaired) electrons. The first-order valence-electron chi connectivity index (χ1n) is 13.7. The van der Waals surface area contributed by atoms with E-state index < -0.39 is 22.0 Å². The van der Waals surface area contributed by atoms with Crippen molar-refractivity contribution in [3.05, 3.63) is 63.2 Å². The minimum atomic E-state index is -0.990. The van der Waals surface area contributed by atoms with Gasteiger partial charge in [0, 0.05) is 37.3 Å². The van der Waals surface area contributed by atoms with Crippen molar-refractivity contribution >= 4 is 11.6 Å². The number of likely N-dealkylation sites (tertiary alicyclic amines) is 1. The fourth-order valence-electron chi connectivity index (χ4n) is 8.07. The van der Waals surface area contributed by atoms with E-state index in [0.29, 0.717) is 24.2 Å². The summed E-state index contributed by atoms with van der Waals surface area (Å²) in [5.41, 5.74) is 1.12. The lowest BCUT2D eigenvalue weighted by molar-refractivity contribution is -0.384. The van der Waals surface area contributed by atoms with Crippen LogP contribution < -0.4 is 4.74 Å². The number of nitrogens with zero attached hydrogens (tertiary/aromatic N) is 3. The van der Waals surface area contributed by atoms with Crippen LogP contribution >= 0.6 is 0 Å². The molecular weight excluding hydrogens is 486 g/mol. The SMILES string of the molecule is CN(C(=O)Cc1ccc([N+](=O)[O-])cc1)[C@H]1CC[C@@]2(O)[C@H]3Cc4ccc(O)c5c4[C@@]2(CCN3CC2CC2)[C@H]1O5. The Kier molecular flexibility index (Phi) is 5.14. The van der Waals surface area contributed by atoms with Crippen LogP contribution in [0.25, 0.3) is 0 Å². The molecule has 5 aliphatic rings. The van der Waals surface area contributed by atoms with Crippen molar-refractivity contribution in [2.24, 2.45) is 5.92 Å². The Morgan fingerprint density at radius 1 is 1.18 bits per heavy atom. The number of aromatic hydroxyl groups is 1. The molecule has 200 valence electrons. The predicted octanol–water partition coefficient (Wildman–Crippen LogP) is 2.93. The summed E-state index contributed by atoms with van der Waals surface area (Å²) in [6, 6.07) is 9.49. The van der Waals surface area contributed by atoms with Crippen molar-refractivity contribution in [1.29, 1.82) is 0 Å². The molecule has 0 aromatic heterocycles. The standard InChI is InChI=1S/C29H33N3O6/c1-30(24(34)14-17-4-7-20(8-5-17)32(36)37)21-10-11-29(35)23-15-19-6-9-22(33)26-25(19)28(29,27(21)38-26)12-13-31(23)16-18-2-3-18/h4-9,18,21,23,27,33,35H,2-3,10-16H2,1H3/t21-,23+,27-,28-,29+/m0/s1. The zero-order chi connectivity index (χ0) is 26.4. The third-order valence-electron chi connectivity index (χ3n) is 10.1. The van der Waals surface area contributed by atoms with Crippen molar-refractivity contribution in [3.8, 4) is 11.5 Å². The predicted molar refractivity (Wildman–Crippen MR) is 138 cm³/mol. The Balaban J connectivity index is 1.22. The van der Waals surface area contributed by atoms with E-state index in [4.69, 9.17) is 4.74 Å². The van der Waals surface area contributed by atoms with Crippen molar-refractivity contribution in [3.63, 3.8) is 0 Å². The molecule has 0 unspecified atom stereocenters. The quantitative estimate of drug-likeness (QED) is 0.445. The van der Waals surface area contributed by atoms with Crippen LogP contribution in [0.4, 0.5) is 5.69 Å². The first kappa shape index (κ1) is 23.9. The molecule has 2 aromatic rings. The molecule has 2 bridgehead atoms. The number of piperidine rings is 1. The van der Waals surface area contributed by atoms with E-state index in [1.54, 1.807) is 30.1 Å². The Morgan fingerprint density at radius 2 is 1.95 bits per heavy atom. The number of amides is 1. The summed E-state index contributed by atoms with van der Waals surface area (Å²) in [5, 5.41) is 34.4. The second-order valence-electron chi connectivity index (χ2n) is 12.0. The van der Waals surface area contributed by atoms with Crippen LogP contribution in [-0.2, 0) is 23.1 Å². The van der Waals surface area contributed by atoms with Gasteiger partial charge in [-0.3, -0.25) is 19.8 Å². The molecule has 9 heteroatoms. The molecule has 2 aliphatic heterocycles. The number of hydrogen-bond donors (Lipinski definition) is 2. The molecule has 1 spiro atoms. The largest absolute Gasteiger partial charge is 0.504 e. The number of carbonyl (C=O) groups excluding carboxylic acids is 1. The average Bonchev–Trinajstić information content (AvgIpc) is 3.64. The van der Waals surface area contributed by atoms with Gasteiger partial charge in [-0.25, -0.2) is 0 Å². The van der Waals surface area contributed by atoms with Gasteiger partial charge in [-0.15, -0.1) is 0 Å². The molecular formula is C29H33N3O6. The molecule has 1 amide bonds. The highest BCUT2D eigenvalue weighted by atomic mass is 16.6. The molecule has 2 saturated carbocycles. The zero-order valence-corrected chi connectivity index (χ0v) is 21.5. The first-order valence-corrected chi connectivity index (χ1v) is 13.7. The number of benzene rings is 2. The lowest BCUT2D eigenvalue weighted by Gasteiger charge is -2.64. The monoisotopic (exact) mass is 519 g/mol. The number of rotatable bonds is 6. The summed E-state index contributed by atoms with van der Waals surface area (Å²) < 4.78 is 6.58. The van der Waals surface area contributed by atoms with Crippen molar-refractivity contribution < 1.29 is 24.7 Å². The van der Waals surface area contributed by atoms with Gasteiger partial charge in [0.25, 0.3) is 5.69 Å². The Labute approximate surface area is 221 Å². The summed E-state index contributed by atoms with van der Waals surface area (Å²) in [4.78, 5) is 28.2. The summed E-state index contributed by atoms with van der Waals surface area (Å²) in [6.45, 7) is 1.89. The number of nitro groups is 1. The highest BCUT2D eigenvalue weighted by Crippen LogP contribution is 2.66. The molecule has 5 atom stereocenters. The van der Waals surface area contributed by atoms with Crippen LogP contribution in [0.3, 0.4) is 0 Å². The number of non-ortho nitro benzene ring substituents is 1. The summed E-state index contributed by atoms with van der Waals surface area (Å²) in [5.74, 6) is 1.18. The Hall–Kier alpha value is -3.17. The summed E-state index contributed by atoms with van der Waals surface area (Å²) in [7, 11) is 1.79. The maximum Gasteiger partial charge on any atom is 0.269 e. The van der Waals surface area contributed by atoms with Gasteiger partial charge in [-0.2, -0.15) is 0 Å². The third kappa shape index (κ3) is 3.21. The first-order chi connectivity index (χ1) is 18.2. The molecule has 2 heterocycles. The maximum atomic E-state index is 13.5. The molecule has 7 rings (SSSR count). The molecule has 3 aliphatic carbocycles. The second kappa shape index (κ2) is 8.16. The molecule has 3 fully saturated rings. The van der Waals surface area contributed by atoms with Crippen LogP contribution in [0, 0.1) is 16.0 Å². The molecule has 9 nitrogen and oxygen atoms in total.